The number of nitrogens with one attached hydrogen (secondary N) is 1. The number of amides is 2. The topological polar surface area (TPSA) is 61.9 Å². The van der Waals surface area contributed by atoms with Crippen molar-refractivity contribution in [1.82, 2.24) is 5.32 Å². The molecule has 2 heterocycles. The zero-order valence-electron chi connectivity index (χ0n) is 16.6. The van der Waals surface area contributed by atoms with E-state index in [0.29, 0.717) is 11.6 Å². The van der Waals surface area contributed by atoms with Gasteiger partial charge in [-0.15, -0.1) is 0 Å². The Labute approximate surface area is 179 Å². The van der Waals surface area contributed by atoms with E-state index < -0.39 is 11.7 Å². The van der Waals surface area contributed by atoms with E-state index in [-0.39, 0.29) is 36.5 Å². The van der Waals surface area contributed by atoms with Gasteiger partial charge in [-0.05, 0) is 36.8 Å². The molecule has 0 saturated carbocycles. The first-order chi connectivity index (χ1) is 14.5. The summed E-state index contributed by atoms with van der Waals surface area (Å²) in [6, 6.07) is 11.5. The SMILES string of the molecule is COc1ccc(Cl)cc1N1CC[C@@H](NC(=O)[C@H]2CC(=O)N(c3ccccc3F)C2)C1. The number of para-hydroxylation sites is 1. The van der Waals surface area contributed by atoms with Crippen molar-refractivity contribution < 1.29 is 18.7 Å². The van der Waals surface area contributed by atoms with Crippen LogP contribution >= 0.6 is 11.6 Å². The maximum Gasteiger partial charge on any atom is 0.227 e. The van der Waals surface area contributed by atoms with Crippen LogP contribution in [-0.4, -0.2) is 44.6 Å². The van der Waals surface area contributed by atoms with Gasteiger partial charge < -0.3 is 19.9 Å². The fraction of sp³-hybridized carbons (Fsp3) is 0.364. The molecule has 2 aliphatic rings. The molecule has 2 aromatic carbocycles. The fourth-order valence-electron chi connectivity index (χ4n) is 4.11. The zero-order chi connectivity index (χ0) is 21.3. The van der Waals surface area contributed by atoms with Crippen molar-refractivity contribution in [3.8, 4) is 5.75 Å². The largest absolute Gasteiger partial charge is 0.495 e. The van der Waals surface area contributed by atoms with Crippen LogP contribution in [0.2, 0.25) is 5.02 Å². The molecule has 0 spiro atoms. The minimum Gasteiger partial charge on any atom is -0.495 e. The Bertz CT molecular complexity index is 970. The van der Waals surface area contributed by atoms with Crippen LogP contribution in [0.5, 0.6) is 5.75 Å². The number of ether oxygens (including phenoxy) is 1. The highest BCUT2D eigenvalue weighted by Gasteiger charge is 2.37. The van der Waals surface area contributed by atoms with Crippen molar-refractivity contribution in [3.05, 3.63) is 53.3 Å². The number of anilines is 2. The first-order valence-corrected chi connectivity index (χ1v) is 10.3. The smallest absolute Gasteiger partial charge is 0.227 e. The van der Waals surface area contributed by atoms with Crippen LogP contribution in [0.4, 0.5) is 15.8 Å². The molecule has 2 saturated heterocycles. The molecule has 6 nitrogen and oxygen atoms in total. The Morgan fingerprint density at radius 3 is 2.77 bits per heavy atom. The third kappa shape index (κ3) is 4.07. The summed E-state index contributed by atoms with van der Waals surface area (Å²) in [5.41, 5.74) is 1.11. The molecule has 2 atom stereocenters. The summed E-state index contributed by atoms with van der Waals surface area (Å²) in [6.07, 6.45) is 0.859. The predicted octanol–water partition coefficient (Wildman–Crippen LogP) is 3.24. The normalized spacial score (nSPS) is 21.2. The third-order valence-electron chi connectivity index (χ3n) is 5.66. The van der Waals surface area contributed by atoms with Gasteiger partial charge in [-0.25, -0.2) is 4.39 Å². The number of carbonyl (C=O) groups excluding carboxylic acids is 2. The molecule has 4 rings (SSSR count). The van der Waals surface area contributed by atoms with Crippen molar-refractivity contribution >= 4 is 34.8 Å². The van der Waals surface area contributed by atoms with Crippen molar-refractivity contribution in [2.24, 2.45) is 5.92 Å². The zero-order valence-corrected chi connectivity index (χ0v) is 17.4. The molecule has 1 N–H and O–H groups in total. The fourth-order valence-corrected chi connectivity index (χ4v) is 4.28. The van der Waals surface area contributed by atoms with Crippen LogP contribution in [-0.2, 0) is 9.59 Å². The highest BCUT2D eigenvalue weighted by molar-refractivity contribution is 6.31. The maximum absolute atomic E-state index is 14.0. The quantitative estimate of drug-likeness (QED) is 0.789. The van der Waals surface area contributed by atoms with Gasteiger partial charge in [0.05, 0.1) is 24.4 Å². The van der Waals surface area contributed by atoms with E-state index in [1.807, 2.05) is 12.1 Å². The van der Waals surface area contributed by atoms with E-state index in [1.54, 1.807) is 31.4 Å². The minimum atomic E-state index is -0.494. The van der Waals surface area contributed by atoms with Gasteiger partial charge in [-0.2, -0.15) is 0 Å². The lowest BCUT2D eigenvalue weighted by molar-refractivity contribution is -0.126. The number of halogens is 2. The summed E-state index contributed by atoms with van der Waals surface area (Å²) in [7, 11) is 1.61. The number of rotatable bonds is 5. The maximum atomic E-state index is 14.0. The predicted molar refractivity (Wildman–Crippen MR) is 114 cm³/mol. The van der Waals surface area contributed by atoms with Gasteiger partial charge >= 0.3 is 0 Å². The summed E-state index contributed by atoms with van der Waals surface area (Å²) in [4.78, 5) is 28.6. The monoisotopic (exact) mass is 431 g/mol. The molecule has 30 heavy (non-hydrogen) atoms. The Balaban J connectivity index is 1.38. The van der Waals surface area contributed by atoms with E-state index in [0.717, 1.165) is 24.4 Å². The average molecular weight is 432 g/mol. The van der Waals surface area contributed by atoms with Gasteiger partial charge in [-0.3, -0.25) is 9.59 Å². The van der Waals surface area contributed by atoms with Crippen molar-refractivity contribution in [2.45, 2.75) is 18.9 Å². The standard InChI is InChI=1S/C22H23ClFN3O3/c1-30-20-7-6-15(23)11-19(20)26-9-8-16(13-26)25-22(29)14-10-21(28)27(12-14)18-5-3-2-4-17(18)24/h2-7,11,14,16H,8-10,12-13H2,1H3,(H,25,29)/t14-,16+/m0/s1. The number of nitrogens with zero attached hydrogens (tertiary/aromatic N) is 2. The first kappa shape index (κ1) is 20.5. The van der Waals surface area contributed by atoms with E-state index in [1.165, 1.54) is 11.0 Å². The lowest BCUT2D eigenvalue weighted by Gasteiger charge is -2.22. The van der Waals surface area contributed by atoms with Crippen LogP contribution in [0.25, 0.3) is 0 Å². The second-order valence-electron chi connectivity index (χ2n) is 7.61. The van der Waals surface area contributed by atoms with E-state index in [4.69, 9.17) is 16.3 Å². The summed E-state index contributed by atoms with van der Waals surface area (Å²) in [5, 5.41) is 3.67. The highest BCUT2D eigenvalue weighted by Crippen LogP contribution is 2.33. The Morgan fingerprint density at radius 1 is 1.20 bits per heavy atom. The Hall–Kier alpha value is -2.80. The van der Waals surface area contributed by atoms with Crippen molar-refractivity contribution in [2.75, 3.05) is 36.5 Å². The summed E-state index contributed by atoms with van der Waals surface area (Å²) < 4.78 is 19.5. The van der Waals surface area contributed by atoms with Gasteiger partial charge in [0.25, 0.3) is 0 Å². The van der Waals surface area contributed by atoms with Gasteiger partial charge in [0.1, 0.15) is 11.6 Å². The summed E-state index contributed by atoms with van der Waals surface area (Å²) in [6.45, 7) is 1.57. The number of methoxy groups -OCH3 is 1. The van der Waals surface area contributed by atoms with Crippen molar-refractivity contribution in [1.29, 1.82) is 0 Å². The van der Waals surface area contributed by atoms with Gasteiger partial charge in [-0.1, -0.05) is 23.7 Å². The molecule has 0 unspecified atom stereocenters. The lowest BCUT2D eigenvalue weighted by Crippen LogP contribution is -2.41. The Kier molecular flexibility index (Phi) is 5.81. The van der Waals surface area contributed by atoms with Crippen LogP contribution in [0.3, 0.4) is 0 Å². The molecular weight excluding hydrogens is 409 g/mol. The number of hydrogen-bond acceptors (Lipinski definition) is 4. The van der Waals surface area contributed by atoms with Crippen LogP contribution in [0, 0.1) is 11.7 Å². The van der Waals surface area contributed by atoms with Crippen LogP contribution < -0.4 is 19.9 Å². The molecule has 2 aromatic rings. The highest BCUT2D eigenvalue weighted by atomic mass is 35.5. The van der Waals surface area contributed by atoms with Crippen molar-refractivity contribution in [3.63, 3.8) is 0 Å². The first-order valence-electron chi connectivity index (χ1n) is 9.90. The average Bonchev–Trinajstić information content (AvgIpc) is 3.35. The number of carbonyl (C=O) groups is 2. The number of benzene rings is 2. The van der Waals surface area contributed by atoms with Gasteiger partial charge in [0, 0.05) is 37.1 Å². The second kappa shape index (κ2) is 8.52. The van der Waals surface area contributed by atoms with Crippen LogP contribution in [0.15, 0.2) is 42.5 Å². The van der Waals surface area contributed by atoms with E-state index in [9.17, 15) is 14.0 Å². The van der Waals surface area contributed by atoms with E-state index in [2.05, 4.69) is 10.2 Å². The summed E-state index contributed by atoms with van der Waals surface area (Å²) in [5.74, 6) is -0.641. The second-order valence-corrected chi connectivity index (χ2v) is 8.05. The Morgan fingerprint density at radius 2 is 2.00 bits per heavy atom. The third-order valence-corrected chi connectivity index (χ3v) is 5.89. The lowest BCUT2D eigenvalue weighted by atomic mass is 10.1. The summed E-state index contributed by atoms with van der Waals surface area (Å²) >= 11 is 6.13. The molecule has 158 valence electrons. The van der Waals surface area contributed by atoms with Gasteiger partial charge in [0.2, 0.25) is 11.8 Å². The molecule has 0 bridgehead atoms. The van der Waals surface area contributed by atoms with Crippen LogP contribution in [0.1, 0.15) is 12.8 Å². The molecule has 0 aromatic heterocycles. The molecular formula is C22H23ClFN3O3. The molecule has 2 fully saturated rings. The van der Waals surface area contributed by atoms with Gasteiger partial charge in [0.15, 0.2) is 0 Å². The molecule has 8 heteroatoms. The molecule has 2 amide bonds. The van der Waals surface area contributed by atoms with E-state index >= 15 is 0 Å². The number of hydrogen-bond donors (Lipinski definition) is 1. The minimum absolute atomic E-state index is 0.0428. The molecule has 0 radical (unpaired) electrons. The molecule has 0 aliphatic carbocycles. The molecule has 2 aliphatic heterocycles.